The third kappa shape index (κ3) is 3.66. The van der Waals surface area contributed by atoms with E-state index in [9.17, 15) is 0 Å². The molecular formula is C12H11Cl2N5. The molecule has 0 amide bonds. The predicted octanol–water partition coefficient (Wildman–Crippen LogP) is 2.87. The van der Waals surface area contributed by atoms with Crippen molar-refractivity contribution in [3.8, 4) is 6.07 Å². The molecule has 1 aromatic carbocycles. The second kappa shape index (κ2) is 6.50. The molecule has 0 spiro atoms. The van der Waals surface area contributed by atoms with Crippen molar-refractivity contribution < 1.29 is 0 Å². The highest BCUT2D eigenvalue weighted by molar-refractivity contribution is 6.35. The van der Waals surface area contributed by atoms with E-state index in [1.54, 1.807) is 16.8 Å². The van der Waals surface area contributed by atoms with Crippen molar-refractivity contribution in [1.29, 1.82) is 5.26 Å². The number of rotatable bonds is 5. The van der Waals surface area contributed by atoms with Gasteiger partial charge in [0.1, 0.15) is 0 Å². The van der Waals surface area contributed by atoms with E-state index in [1.165, 1.54) is 0 Å². The molecule has 19 heavy (non-hydrogen) atoms. The summed E-state index contributed by atoms with van der Waals surface area (Å²) in [6, 6.07) is 7.44. The Morgan fingerprint density at radius 2 is 2.16 bits per heavy atom. The van der Waals surface area contributed by atoms with Crippen LogP contribution in [-0.2, 0) is 13.0 Å². The Morgan fingerprint density at radius 3 is 2.89 bits per heavy atom. The second-order valence-electron chi connectivity index (χ2n) is 3.99. The molecule has 0 saturated heterocycles. The zero-order chi connectivity index (χ0) is 13.7. The number of hydrogen-bond acceptors (Lipinski definition) is 4. The molecule has 0 aliphatic carbocycles. The SMILES string of the molecule is N#CCCCn1nnnc1Cc1ccc(Cl)cc1Cl. The highest BCUT2D eigenvalue weighted by Gasteiger charge is 2.09. The molecule has 0 atom stereocenters. The molecule has 0 radical (unpaired) electrons. The lowest BCUT2D eigenvalue weighted by Crippen LogP contribution is -2.07. The summed E-state index contributed by atoms with van der Waals surface area (Å²) in [7, 11) is 0. The largest absolute Gasteiger partial charge is 0.229 e. The van der Waals surface area contributed by atoms with Gasteiger partial charge >= 0.3 is 0 Å². The van der Waals surface area contributed by atoms with E-state index in [-0.39, 0.29) is 0 Å². The fraction of sp³-hybridized carbons (Fsp3) is 0.333. The first kappa shape index (κ1) is 13.8. The van der Waals surface area contributed by atoms with Gasteiger partial charge in [0.15, 0.2) is 5.82 Å². The summed E-state index contributed by atoms with van der Waals surface area (Å²) in [5.41, 5.74) is 0.919. The number of nitrogens with zero attached hydrogens (tertiary/aromatic N) is 5. The van der Waals surface area contributed by atoms with Crippen LogP contribution in [0.25, 0.3) is 0 Å². The number of halogens is 2. The summed E-state index contributed by atoms with van der Waals surface area (Å²) >= 11 is 12.0. The Kier molecular flexibility index (Phi) is 4.72. The van der Waals surface area contributed by atoms with E-state index >= 15 is 0 Å². The number of aromatic nitrogens is 4. The van der Waals surface area contributed by atoms with Gasteiger partial charge in [-0.2, -0.15) is 5.26 Å². The number of aryl methyl sites for hydroxylation is 1. The minimum atomic E-state index is 0.487. The highest BCUT2D eigenvalue weighted by Crippen LogP contribution is 2.22. The maximum absolute atomic E-state index is 8.52. The minimum Gasteiger partial charge on any atom is -0.229 e. The number of nitriles is 1. The van der Waals surface area contributed by atoms with Crippen molar-refractivity contribution >= 4 is 23.2 Å². The average molecular weight is 296 g/mol. The minimum absolute atomic E-state index is 0.487. The Morgan fingerprint density at radius 1 is 1.32 bits per heavy atom. The lowest BCUT2D eigenvalue weighted by Gasteiger charge is -2.05. The van der Waals surface area contributed by atoms with Crippen LogP contribution in [0.5, 0.6) is 0 Å². The fourth-order valence-corrected chi connectivity index (χ4v) is 2.14. The molecule has 2 rings (SSSR count). The van der Waals surface area contributed by atoms with E-state index < -0.39 is 0 Å². The van der Waals surface area contributed by atoms with Crippen LogP contribution in [0.1, 0.15) is 24.2 Å². The Balaban J connectivity index is 2.11. The summed E-state index contributed by atoms with van der Waals surface area (Å²) in [6.07, 6.45) is 1.75. The Bertz CT molecular complexity index is 602. The Hall–Kier alpha value is -1.64. The molecule has 0 aliphatic rings. The van der Waals surface area contributed by atoms with Gasteiger partial charge < -0.3 is 0 Å². The maximum Gasteiger partial charge on any atom is 0.155 e. The molecular weight excluding hydrogens is 285 g/mol. The first-order valence-corrected chi connectivity index (χ1v) is 6.52. The molecule has 1 aromatic heterocycles. The van der Waals surface area contributed by atoms with E-state index in [1.807, 2.05) is 6.07 Å². The standard InChI is InChI=1S/C12H11Cl2N5/c13-10-4-3-9(11(14)8-10)7-12-16-17-18-19(12)6-2-1-5-15/h3-4,8H,1-2,6-7H2. The van der Waals surface area contributed by atoms with Gasteiger partial charge in [-0.15, -0.1) is 5.10 Å². The summed E-state index contributed by atoms with van der Waals surface area (Å²) in [5.74, 6) is 0.724. The van der Waals surface area contributed by atoms with Crippen molar-refractivity contribution in [1.82, 2.24) is 20.2 Å². The molecule has 98 valence electrons. The van der Waals surface area contributed by atoms with Crippen LogP contribution in [-0.4, -0.2) is 20.2 Å². The van der Waals surface area contributed by atoms with Crippen LogP contribution in [0.2, 0.25) is 10.0 Å². The van der Waals surface area contributed by atoms with Gasteiger partial charge in [0.05, 0.1) is 6.07 Å². The lowest BCUT2D eigenvalue weighted by molar-refractivity contribution is 0.547. The number of tetrazole rings is 1. The van der Waals surface area contributed by atoms with E-state index in [4.69, 9.17) is 28.5 Å². The van der Waals surface area contributed by atoms with Gasteiger partial charge in [-0.05, 0) is 34.5 Å². The number of benzene rings is 1. The van der Waals surface area contributed by atoms with Crippen LogP contribution in [0, 0.1) is 11.3 Å². The average Bonchev–Trinajstić information content (AvgIpc) is 2.81. The first-order chi connectivity index (χ1) is 9.20. The van der Waals surface area contributed by atoms with Gasteiger partial charge in [-0.3, -0.25) is 0 Å². The van der Waals surface area contributed by atoms with Crippen molar-refractivity contribution in [2.24, 2.45) is 0 Å². The second-order valence-corrected chi connectivity index (χ2v) is 4.84. The van der Waals surface area contributed by atoms with Crippen LogP contribution in [0.4, 0.5) is 0 Å². The van der Waals surface area contributed by atoms with Gasteiger partial charge in [-0.25, -0.2) is 4.68 Å². The van der Waals surface area contributed by atoms with Gasteiger partial charge in [0.25, 0.3) is 0 Å². The van der Waals surface area contributed by atoms with Crippen molar-refractivity contribution in [3.63, 3.8) is 0 Å². The molecule has 1 heterocycles. The zero-order valence-electron chi connectivity index (χ0n) is 10.1. The molecule has 0 bridgehead atoms. The summed E-state index contributed by atoms with van der Waals surface area (Å²) in [6.45, 7) is 0.626. The van der Waals surface area contributed by atoms with Crippen LogP contribution in [0.15, 0.2) is 18.2 Å². The van der Waals surface area contributed by atoms with Crippen LogP contribution < -0.4 is 0 Å². The third-order valence-electron chi connectivity index (χ3n) is 2.63. The van der Waals surface area contributed by atoms with Crippen LogP contribution >= 0.6 is 23.2 Å². The Labute approximate surface area is 120 Å². The molecule has 2 aromatic rings. The molecule has 5 nitrogen and oxygen atoms in total. The summed E-state index contributed by atoms with van der Waals surface area (Å²) < 4.78 is 1.70. The monoisotopic (exact) mass is 295 g/mol. The predicted molar refractivity (Wildman–Crippen MR) is 71.9 cm³/mol. The molecule has 0 saturated carbocycles. The van der Waals surface area contributed by atoms with Crippen LogP contribution in [0.3, 0.4) is 0 Å². The fourth-order valence-electron chi connectivity index (χ4n) is 1.67. The van der Waals surface area contributed by atoms with Crippen molar-refractivity contribution in [2.75, 3.05) is 0 Å². The first-order valence-electron chi connectivity index (χ1n) is 5.76. The van der Waals surface area contributed by atoms with E-state index in [0.29, 0.717) is 29.4 Å². The summed E-state index contributed by atoms with van der Waals surface area (Å²) in [4.78, 5) is 0. The summed E-state index contributed by atoms with van der Waals surface area (Å²) in [5, 5.41) is 21.3. The molecule has 7 heteroatoms. The lowest BCUT2D eigenvalue weighted by atomic mass is 10.1. The zero-order valence-corrected chi connectivity index (χ0v) is 11.6. The van der Waals surface area contributed by atoms with Gasteiger partial charge in [-0.1, -0.05) is 29.3 Å². The van der Waals surface area contributed by atoms with Crippen molar-refractivity contribution in [2.45, 2.75) is 25.8 Å². The number of unbranched alkanes of at least 4 members (excludes halogenated alkanes) is 1. The normalized spacial score (nSPS) is 10.4. The van der Waals surface area contributed by atoms with Gasteiger partial charge in [0, 0.05) is 29.4 Å². The van der Waals surface area contributed by atoms with E-state index in [2.05, 4.69) is 21.6 Å². The quantitative estimate of drug-likeness (QED) is 0.796. The number of hydrogen-bond donors (Lipinski definition) is 0. The molecule has 0 fully saturated rings. The molecule has 0 aliphatic heterocycles. The maximum atomic E-state index is 8.52. The van der Waals surface area contributed by atoms with Gasteiger partial charge in [0.2, 0.25) is 0 Å². The highest BCUT2D eigenvalue weighted by atomic mass is 35.5. The molecule has 0 unspecified atom stereocenters. The molecule has 0 N–H and O–H groups in total. The smallest absolute Gasteiger partial charge is 0.155 e. The van der Waals surface area contributed by atoms with E-state index in [0.717, 1.165) is 17.8 Å². The third-order valence-corrected chi connectivity index (χ3v) is 3.22. The van der Waals surface area contributed by atoms with Crippen molar-refractivity contribution in [3.05, 3.63) is 39.6 Å². The topological polar surface area (TPSA) is 67.4 Å².